The molecule has 0 aromatic carbocycles. The van der Waals surface area contributed by atoms with Crippen LogP contribution < -0.4 is 5.32 Å². The van der Waals surface area contributed by atoms with E-state index in [1.807, 2.05) is 0 Å². The summed E-state index contributed by atoms with van der Waals surface area (Å²) < 4.78 is 6.36. The molecule has 1 heterocycles. The molecule has 0 spiro atoms. The van der Waals surface area contributed by atoms with E-state index in [-0.39, 0.29) is 11.2 Å². The Bertz CT molecular complexity index is 323. The number of rotatable bonds is 5. The lowest BCUT2D eigenvalue weighted by molar-refractivity contribution is -0.0801. The van der Waals surface area contributed by atoms with Crippen LogP contribution >= 0.6 is 0 Å². The van der Waals surface area contributed by atoms with Crippen molar-refractivity contribution in [2.75, 3.05) is 6.54 Å². The maximum Gasteiger partial charge on any atom is 0.0677 e. The maximum absolute atomic E-state index is 6.36. The van der Waals surface area contributed by atoms with Gasteiger partial charge in [-0.15, -0.1) is 0 Å². The molecule has 0 amide bonds. The summed E-state index contributed by atoms with van der Waals surface area (Å²) in [5.74, 6) is 2.33. The molecule has 1 aliphatic carbocycles. The zero-order valence-electron chi connectivity index (χ0n) is 14.5. The molecule has 20 heavy (non-hydrogen) atoms. The predicted octanol–water partition coefficient (Wildman–Crippen LogP) is 4.38. The molecule has 2 nitrogen and oxygen atoms in total. The number of nitrogens with one attached hydrogen (secondary N) is 1. The minimum Gasteiger partial charge on any atom is -0.369 e. The Labute approximate surface area is 126 Å². The molecule has 1 N–H and O–H groups in total. The van der Waals surface area contributed by atoms with Gasteiger partial charge < -0.3 is 10.1 Å². The van der Waals surface area contributed by atoms with Gasteiger partial charge >= 0.3 is 0 Å². The van der Waals surface area contributed by atoms with Crippen LogP contribution in [0, 0.1) is 17.8 Å². The molecule has 0 bridgehead atoms. The molecule has 1 saturated carbocycles. The normalized spacial score (nSPS) is 37.2. The quantitative estimate of drug-likeness (QED) is 0.807. The van der Waals surface area contributed by atoms with Crippen LogP contribution in [-0.2, 0) is 4.74 Å². The highest BCUT2D eigenvalue weighted by molar-refractivity contribution is 5.02. The second-order valence-electron chi connectivity index (χ2n) is 8.33. The summed E-state index contributed by atoms with van der Waals surface area (Å²) in [6.07, 6.45) is 6.62. The highest BCUT2D eigenvalue weighted by atomic mass is 16.5. The minimum atomic E-state index is -0.00276. The Balaban J connectivity index is 2.17. The van der Waals surface area contributed by atoms with E-state index in [4.69, 9.17) is 4.74 Å². The van der Waals surface area contributed by atoms with E-state index in [0.29, 0.717) is 12.0 Å². The van der Waals surface area contributed by atoms with Crippen LogP contribution in [0.5, 0.6) is 0 Å². The van der Waals surface area contributed by atoms with Crippen molar-refractivity contribution in [3.05, 3.63) is 0 Å². The summed E-state index contributed by atoms with van der Waals surface area (Å²) in [6, 6.07) is 0.629. The lowest BCUT2D eigenvalue weighted by Crippen LogP contribution is -2.49. The van der Waals surface area contributed by atoms with Gasteiger partial charge in [-0.25, -0.2) is 0 Å². The van der Waals surface area contributed by atoms with Crippen LogP contribution in [0.3, 0.4) is 0 Å². The molecule has 1 aliphatic heterocycles. The van der Waals surface area contributed by atoms with E-state index in [1.54, 1.807) is 0 Å². The fourth-order valence-corrected chi connectivity index (χ4v) is 4.77. The molecule has 2 fully saturated rings. The summed E-state index contributed by atoms with van der Waals surface area (Å²) in [5.41, 5.74) is 0.0272. The van der Waals surface area contributed by atoms with Gasteiger partial charge in [0.15, 0.2) is 0 Å². The van der Waals surface area contributed by atoms with Crippen molar-refractivity contribution in [2.45, 2.75) is 90.9 Å². The van der Waals surface area contributed by atoms with Crippen molar-refractivity contribution < 1.29 is 4.74 Å². The zero-order chi connectivity index (χ0) is 15.0. The maximum atomic E-state index is 6.36. The van der Waals surface area contributed by atoms with Crippen molar-refractivity contribution >= 4 is 0 Å². The summed E-state index contributed by atoms with van der Waals surface area (Å²) >= 11 is 0. The van der Waals surface area contributed by atoms with Crippen LogP contribution in [0.15, 0.2) is 0 Å². The Morgan fingerprint density at radius 2 is 1.90 bits per heavy atom. The summed E-state index contributed by atoms with van der Waals surface area (Å²) in [6.45, 7) is 15.0. The molecular formula is C18H35NO. The van der Waals surface area contributed by atoms with Gasteiger partial charge in [-0.2, -0.15) is 0 Å². The van der Waals surface area contributed by atoms with Gasteiger partial charge in [-0.3, -0.25) is 0 Å². The van der Waals surface area contributed by atoms with E-state index in [2.05, 4.69) is 46.9 Å². The molecule has 4 unspecified atom stereocenters. The number of hydrogen-bond acceptors (Lipinski definition) is 2. The number of ether oxygens (including phenoxy) is 1. The van der Waals surface area contributed by atoms with E-state index in [0.717, 1.165) is 18.4 Å². The molecule has 2 aliphatic rings. The molecule has 2 rings (SSSR count). The smallest absolute Gasteiger partial charge is 0.0677 e. The highest BCUT2D eigenvalue weighted by Crippen LogP contribution is 2.48. The molecule has 1 saturated heterocycles. The van der Waals surface area contributed by atoms with Crippen LogP contribution in [0.25, 0.3) is 0 Å². The van der Waals surface area contributed by atoms with Gasteiger partial charge in [0, 0.05) is 12.0 Å². The second kappa shape index (κ2) is 5.96. The van der Waals surface area contributed by atoms with E-state index in [9.17, 15) is 0 Å². The van der Waals surface area contributed by atoms with Gasteiger partial charge in [0.25, 0.3) is 0 Å². The first kappa shape index (κ1) is 16.3. The lowest BCUT2D eigenvalue weighted by Gasteiger charge is -2.38. The third-order valence-electron chi connectivity index (χ3n) is 5.60. The van der Waals surface area contributed by atoms with Crippen molar-refractivity contribution in [1.82, 2.24) is 5.32 Å². The van der Waals surface area contributed by atoms with Crippen LogP contribution in [0.1, 0.15) is 73.6 Å². The molecule has 0 aromatic rings. The Hall–Kier alpha value is -0.0800. The van der Waals surface area contributed by atoms with Crippen LogP contribution in [0.4, 0.5) is 0 Å². The van der Waals surface area contributed by atoms with E-state index >= 15 is 0 Å². The summed E-state index contributed by atoms with van der Waals surface area (Å²) in [5, 5.41) is 3.90. The van der Waals surface area contributed by atoms with Crippen molar-refractivity contribution in [3.8, 4) is 0 Å². The third-order valence-corrected chi connectivity index (χ3v) is 5.60. The van der Waals surface area contributed by atoms with Crippen molar-refractivity contribution in [2.24, 2.45) is 17.8 Å². The molecule has 0 aromatic heterocycles. The summed E-state index contributed by atoms with van der Waals surface area (Å²) in [4.78, 5) is 0. The highest BCUT2D eigenvalue weighted by Gasteiger charge is 2.51. The largest absolute Gasteiger partial charge is 0.369 e. The van der Waals surface area contributed by atoms with Crippen molar-refractivity contribution in [3.63, 3.8) is 0 Å². The van der Waals surface area contributed by atoms with Crippen LogP contribution in [0.2, 0.25) is 0 Å². The fraction of sp³-hybridized carbons (Fsp3) is 1.00. The van der Waals surface area contributed by atoms with Crippen LogP contribution in [-0.4, -0.2) is 23.8 Å². The predicted molar refractivity (Wildman–Crippen MR) is 85.9 cm³/mol. The van der Waals surface area contributed by atoms with Gasteiger partial charge in [-0.1, -0.05) is 26.7 Å². The Kier molecular flexibility index (Phi) is 4.86. The average Bonchev–Trinajstić information content (AvgIpc) is 2.81. The number of hydrogen-bond donors (Lipinski definition) is 1. The van der Waals surface area contributed by atoms with Gasteiger partial charge in [0.2, 0.25) is 0 Å². The van der Waals surface area contributed by atoms with E-state index in [1.165, 1.54) is 32.1 Å². The second-order valence-corrected chi connectivity index (χ2v) is 8.33. The fourth-order valence-electron chi connectivity index (χ4n) is 4.77. The molecule has 2 heteroatoms. The Morgan fingerprint density at radius 3 is 2.35 bits per heavy atom. The Morgan fingerprint density at radius 1 is 1.20 bits per heavy atom. The average molecular weight is 281 g/mol. The van der Waals surface area contributed by atoms with Gasteiger partial charge in [0.1, 0.15) is 0 Å². The monoisotopic (exact) mass is 281 g/mol. The molecule has 118 valence electrons. The van der Waals surface area contributed by atoms with Gasteiger partial charge in [0.05, 0.1) is 11.2 Å². The molecular weight excluding hydrogens is 246 g/mol. The zero-order valence-corrected chi connectivity index (χ0v) is 14.5. The first-order valence-corrected chi connectivity index (χ1v) is 8.70. The molecule has 0 radical (unpaired) electrons. The molecule has 4 atom stereocenters. The lowest BCUT2D eigenvalue weighted by atomic mass is 9.74. The first-order valence-electron chi connectivity index (χ1n) is 8.70. The first-order chi connectivity index (χ1) is 9.27. The SMILES string of the molecule is CCCNC(C1CCCC1C)C1CC(C)(C)OC1(C)C. The van der Waals surface area contributed by atoms with E-state index < -0.39 is 0 Å². The van der Waals surface area contributed by atoms with Gasteiger partial charge in [-0.05, 0) is 65.3 Å². The van der Waals surface area contributed by atoms with Crippen molar-refractivity contribution in [1.29, 1.82) is 0 Å². The topological polar surface area (TPSA) is 21.3 Å². The minimum absolute atomic E-state index is 0.00276. The summed E-state index contributed by atoms with van der Waals surface area (Å²) in [7, 11) is 0. The standard InChI is InChI=1S/C18H35NO/c1-7-11-19-16(14-10-8-9-13(14)2)15-12-17(3,4)20-18(15,5)6/h13-16,19H,7-12H2,1-6H3. The third kappa shape index (κ3) is 3.39.